The lowest BCUT2D eigenvalue weighted by molar-refractivity contribution is 0.0735. The van der Waals surface area contributed by atoms with Crippen molar-refractivity contribution in [3.8, 4) is 0 Å². The predicted octanol–water partition coefficient (Wildman–Crippen LogP) is 4.01. The summed E-state index contributed by atoms with van der Waals surface area (Å²) in [5.74, 6) is 0.0403. The van der Waals surface area contributed by atoms with Crippen molar-refractivity contribution >= 4 is 16.8 Å². The topological polar surface area (TPSA) is 49.0 Å². The summed E-state index contributed by atoms with van der Waals surface area (Å²) in [6.45, 7) is 3.47. The van der Waals surface area contributed by atoms with E-state index in [0.29, 0.717) is 12.2 Å². The molecule has 0 spiro atoms. The number of hydrogen-bond acceptors (Lipinski definition) is 2. The number of carbonyl (C=O) groups is 1. The molecule has 0 bridgehead atoms. The van der Waals surface area contributed by atoms with Crippen LogP contribution in [0.2, 0.25) is 0 Å². The van der Waals surface area contributed by atoms with Crippen LogP contribution in [0.4, 0.5) is 0 Å². The number of pyridine rings is 1. The Morgan fingerprint density at radius 3 is 2.83 bits per heavy atom. The van der Waals surface area contributed by atoms with Gasteiger partial charge in [-0.25, -0.2) is 0 Å². The number of unbranched alkanes of at least 4 members (excludes halogenated alkanes) is 1. The van der Waals surface area contributed by atoms with E-state index < -0.39 is 0 Å². The quantitative estimate of drug-likeness (QED) is 0.748. The third-order valence-electron chi connectivity index (χ3n) is 3.93. The maximum Gasteiger partial charge on any atom is 0.270 e. The first-order valence-electron chi connectivity index (χ1n) is 8.04. The molecule has 2 aromatic heterocycles. The SMILES string of the molecule is CCCCN(Cc1cccnc1)C(=O)c1cc2ccccc2[nH]1. The van der Waals surface area contributed by atoms with Crippen molar-refractivity contribution in [2.75, 3.05) is 6.54 Å². The van der Waals surface area contributed by atoms with Gasteiger partial charge < -0.3 is 9.88 Å². The number of nitrogens with one attached hydrogen (secondary N) is 1. The predicted molar refractivity (Wildman–Crippen MR) is 92.2 cm³/mol. The van der Waals surface area contributed by atoms with E-state index in [0.717, 1.165) is 35.9 Å². The van der Waals surface area contributed by atoms with E-state index in [1.165, 1.54) is 0 Å². The number of hydrogen-bond donors (Lipinski definition) is 1. The molecule has 3 aromatic rings. The molecule has 0 saturated heterocycles. The van der Waals surface area contributed by atoms with Crippen molar-refractivity contribution in [2.45, 2.75) is 26.3 Å². The number of fused-ring (bicyclic) bond motifs is 1. The van der Waals surface area contributed by atoms with Gasteiger partial charge in [-0.15, -0.1) is 0 Å². The maximum atomic E-state index is 12.9. The van der Waals surface area contributed by atoms with Crippen LogP contribution in [0.3, 0.4) is 0 Å². The lowest BCUT2D eigenvalue weighted by atomic mass is 10.2. The van der Waals surface area contributed by atoms with Gasteiger partial charge in [0, 0.05) is 36.4 Å². The van der Waals surface area contributed by atoms with Gasteiger partial charge in [0.1, 0.15) is 5.69 Å². The minimum absolute atomic E-state index is 0.0403. The maximum absolute atomic E-state index is 12.9. The van der Waals surface area contributed by atoms with Crippen molar-refractivity contribution in [2.24, 2.45) is 0 Å². The van der Waals surface area contributed by atoms with Crippen LogP contribution in [0.1, 0.15) is 35.8 Å². The van der Waals surface area contributed by atoms with Gasteiger partial charge in [0.15, 0.2) is 0 Å². The number of benzene rings is 1. The molecule has 2 heterocycles. The van der Waals surface area contributed by atoms with E-state index >= 15 is 0 Å². The summed E-state index contributed by atoms with van der Waals surface area (Å²) in [7, 11) is 0. The summed E-state index contributed by atoms with van der Waals surface area (Å²) < 4.78 is 0. The van der Waals surface area contributed by atoms with E-state index in [9.17, 15) is 4.79 Å². The molecule has 0 aliphatic heterocycles. The average molecular weight is 307 g/mol. The Kier molecular flexibility index (Phi) is 4.71. The highest BCUT2D eigenvalue weighted by Crippen LogP contribution is 2.17. The number of H-pyrrole nitrogens is 1. The monoisotopic (exact) mass is 307 g/mol. The fraction of sp³-hybridized carbons (Fsp3) is 0.263. The number of carbonyl (C=O) groups excluding carboxylic acids is 1. The van der Waals surface area contributed by atoms with Crippen LogP contribution in [0.25, 0.3) is 10.9 Å². The molecule has 0 saturated carbocycles. The second-order valence-electron chi connectivity index (χ2n) is 5.71. The molecular formula is C19H21N3O. The standard InChI is InChI=1S/C19H21N3O/c1-2-3-11-22(14-15-7-6-10-20-13-15)19(23)18-12-16-8-4-5-9-17(16)21-18/h4-10,12-13,21H,2-3,11,14H2,1H3. The van der Waals surface area contributed by atoms with Gasteiger partial charge in [-0.1, -0.05) is 37.6 Å². The van der Waals surface area contributed by atoms with Crippen molar-refractivity contribution in [1.82, 2.24) is 14.9 Å². The number of amides is 1. The summed E-state index contributed by atoms with van der Waals surface area (Å²) >= 11 is 0. The van der Waals surface area contributed by atoms with Crippen LogP contribution in [0.5, 0.6) is 0 Å². The Hall–Kier alpha value is -2.62. The largest absolute Gasteiger partial charge is 0.351 e. The van der Waals surface area contributed by atoms with Gasteiger partial charge in [0.05, 0.1) is 0 Å². The van der Waals surface area contributed by atoms with Crippen molar-refractivity contribution in [3.63, 3.8) is 0 Å². The Morgan fingerprint density at radius 1 is 1.22 bits per heavy atom. The number of aromatic amines is 1. The molecule has 1 aromatic carbocycles. The van der Waals surface area contributed by atoms with Crippen LogP contribution >= 0.6 is 0 Å². The first-order chi connectivity index (χ1) is 11.3. The first kappa shape index (κ1) is 15.3. The first-order valence-corrected chi connectivity index (χ1v) is 8.04. The summed E-state index contributed by atoms with van der Waals surface area (Å²) in [6.07, 6.45) is 5.62. The minimum atomic E-state index is 0.0403. The highest BCUT2D eigenvalue weighted by atomic mass is 16.2. The van der Waals surface area contributed by atoms with E-state index in [4.69, 9.17) is 0 Å². The average Bonchev–Trinajstić information content (AvgIpc) is 3.03. The van der Waals surface area contributed by atoms with Gasteiger partial charge in [-0.05, 0) is 30.2 Å². The Labute approximate surface area is 136 Å². The minimum Gasteiger partial charge on any atom is -0.351 e. The summed E-state index contributed by atoms with van der Waals surface area (Å²) in [6, 6.07) is 13.8. The molecule has 1 N–H and O–H groups in total. The van der Waals surface area contributed by atoms with Gasteiger partial charge in [-0.2, -0.15) is 0 Å². The van der Waals surface area contributed by atoms with E-state index in [1.54, 1.807) is 6.20 Å². The molecular weight excluding hydrogens is 286 g/mol. The van der Waals surface area contributed by atoms with Gasteiger partial charge in [0.25, 0.3) is 5.91 Å². The highest BCUT2D eigenvalue weighted by Gasteiger charge is 2.17. The second-order valence-corrected chi connectivity index (χ2v) is 5.71. The fourth-order valence-electron chi connectivity index (χ4n) is 2.67. The number of rotatable bonds is 6. The van der Waals surface area contributed by atoms with Crippen LogP contribution in [0, 0.1) is 0 Å². The molecule has 0 unspecified atom stereocenters. The van der Waals surface area contributed by atoms with Crippen molar-refractivity contribution < 1.29 is 4.79 Å². The van der Waals surface area contributed by atoms with Crippen molar-refractivity contribution in [1.29, 1.82) is 0 Å². The molecule has 0 radical (unpaired) electrons. The van der Waals surface area contributed by atoms with E-state index in [2.05, 4.69) is 16.9 Å². The van der Waals surface area contributed by atoms with Gasteiger partial charge in [-0.3, -0.25) is 9.78 Å². The lowest BCUT2D eigenvalue weighted by Gasteiger charge is -2.22. The molecule has 118 valence electrons. The van der Waals surface area contributed by atoms with Gasteiger partial charge >= 0.3 is 0 Å². The normalized spacial score (nSPS) is 10.8. The zero-order valence-electron chi connectivity index (χ0n) is 13.3. The smallest absolute Gasteiger partial charge is 0.270 e. The summed E-state index contributed by atoms with van der Waals surface area (Å²) in [5.41, 5.74) is 2.69. The molecule has 1 amide bonds. The number of nitrogens with zero attached hydrogens (tertiary/aromatic N) is 2. The second kappa shape index (κ2) is 7.09. The zero-order valence-corrected chi connectivity index (χ0v) is 13.3. The van der Waals surface area contributed by atoms with Crippen molar-refractivity contribution in [3.05, 3.63) is 66.1 Å². The molecule has 0 atom stereocenters. The van der Waals surface area contributed by atoms with Crippen LogP contribution in [0.15, 0.2) is 54.9 Å². The van der Waals surface area contributed by atoms with E-state index in [1.807, 2.05) is 53.6 Å². The zero-order chi connectivity index (χ0) is 16.1. The molecule has 3 rings (SSSR count). The van der Waals surface area contributed by atoms with Crippen LogP contribution in [-0.2, 0) is 6.54 Å². The third kappa shape index (κ3) is 3.59. The Balaban J connectivity index is 1.84. The Bertz CT molecular complexity index is 746. The third-order valence-corrected chi connectivity index (χ3v) is 3.93. The molecule has 0 aliphatic rings. The summed E-state index contributed by atoms with van der Waals surface area (Å²) in [5, 5.41) is 1.06. The fourth-order valence-corrected chi connectivity index (χ4v) is 2.67. The molecule has 0 fully saturated rings. The van der Waals surface area contributed by atoms with E-state index in [-0.39, 0.29) is 5.91 Å². The molecule has 0 aliphatic carbocycles. The highest BCUT2D eigenvalue weighted by molar-refractivity contribution is 5.98. The molecule has 4 nitrogen and oxygen atoms in total. The lowest BCUT2D eigenvalue weighted by Crippen LogP contribution is -2.31. The number of aromatic nitrogens is 2. The van der Waals surface area contributed by atoms with Crippen LogP contribution in [-0.4, -0.2) is 27.3 Å². The van der Waals surface area contributed by atoms with Crippen LogP contribution < -0.4 is 0 Å². The van der Waals surface area contributed by atoms with Gasteiger partial charge in [0.2, 0.25) is 0 Å². The molecule has 4 heteroatoms. The Morgan fingerprint density at radius 2 is 2.09 bits per heavy atom. The molecule has 23 heavy (non-hydrogen) atoms. The number of para-hydroxylation sites is 1. The summed E-state index contributed by atoms with van der Waals surface area (Å²) in [4.78, 5) is 22.2.